The maximum atomic E-state index is 12.3. The molecule has 2 aromatic rings. The minimum Gasteiger partial charge on any atom is -0.391 e. The van der Waals surface area contributed by atoms with Crippen LogP contribution in [0.5, 0.6) is 0 Å². The molecule has 0 aliphatic rings. The number of hydrogen-bond donors (Lipinski definition) is 1. The van der Waals surface area contributed by atoms with Crippen molar-refractivity contribution in [2.24, 2.45) is 0 Å². The number of carbonyl (C=O) groups excluding carboxylic acids is 1. The van der Waals surface area contributed by atoms with Crippen LogP contribution in [0.4, 0.5) is 0 Å². The Morgan fingerprint density at radius 3 is 2.10 bits per heavy atom. The van der Waals surface area contributed by atoms with Crippen LogP contribution in [-0.4, -0.2) is 49.2 Å². The molecule has 110 valence electrons. The van der Waals surface area contributed by atoms with Gasteiger partial charge in [0.05, 0.1) is 20.7 Å². The predicted octanol–water partition coefficient (Wildman–Crippen LogP) is 2.61. The average molecular weight is 284 g/mol. The van der Waals surface area contributed by atoms with Gasteiger partial charge in [-0.1, -0.05) is 54.6 Å². The lowest BCUT2D eigenvalue weighted by atomic mass is 10.0. The van der Waals surface area contributed by atoms with E-state index in [1.807, 2.05) is 56.6 Å². The molecule has 0 saturated carbocycles. The van der Waals surface area contributed by atoms with Gasteiger partial charge in [-0.15, -0.1) is 0 Å². The van der Waals surface area contributed by atoms with E-state index in [0.717, 1.165) is 16.7 Å². The fourth-order valence-electron chi connectivity index (χ4n) is 2.31. The fraction of sp³-hybridized carbons (Fsp3) is 0.278. The molecule has 21 heavy (non-hydrogen) atoms. The maximum absolute atomic E-state index is 12.3. The van der Waals surface area contributed by atoms with Crippen LogP contribution >= 0.6 is 0 Å². The third kappa shape index (κ3) is 4.25. The van der Waals surface area contributed by atoms with Crippen LogP contribution < -0.4 is 0 Å². The molecule has 0 saturated heterocycles. The number of likely N-dealkylation sites (N-methyl/N-ethyl adjacent to an activating group) is 1. The van der Waals surface area contributed by atoms with Crippen LogP contribution in [0.3, 0.4) is 0 Å². The molecule has 0 spiro atoms. The molecule has 2 rings (SSSR count). The Morgan fingerprint density at radius 2 is 1.52 bits per heavy atom. The SMILES string of the molecule is C[N+](C)(CCO)CC(=O)c1ccc(-c2ccccc2)cc1. The molecule has 3 heteroatoms. The van der Waals surface area contributed by atoms with Crippen molar-refractivity contribution in [1.29, 1.82) is 0 Å². The van der Waals surface area contributed by atoms with Crippen molar-refractivity contribution in [2.75, 3.05) is 33.8 Å². The van der Waals surface area contributed by atoms with E-state index in [0.29, 0.717) is 17.6 Å². The Balaban J connectivity index is 2.10. The number of rotatable bonds is 6. The first-order valence-electron chi connectivity index (χ1n) is 7.13. The zero-order chi connectivity index (χ0) is 15.3. The summed E-state index contributed by atoms with van der Waals surface area (Å²) < 4.78 is 0.496. The van der Waals surface area contributed by atoms with Gasteiger partial charge in [0.2, 0.25) is 5.78 Å². The molecule has 2 aromatic carbocycles. The van der Waals surface area contributed by atoms with E-state index in [1.165, 1.54) is 0 Å². The normalized spacial score (nSPS) is 11.4. The summed E-state index contributed by atoms with van der Waals surface area (Å²) in [6.07, 6.45) is 0. The van der Waals surface area contributed by atoms with E-state index in [1.54, 1.807) is 0 Å². The zero-order valence-electron chi connectivity index (χ0n) is 12.6. The van der Waals surface area contributed by atoms with Gasteiger partial charge in [0, 0.05) is 5.56 Å². The average Bonchev–Trinajstić information content (AvgIpc) is 2.48. The van der Waals surface area contributed by atoms with Crippen LogP contribution in [-0.2, 0) is 0 Å². The van der Waals surface area contributed by atoms with Gasteiger partial charge in [0.15, 0.2) is 0 Å². The van der Waals surface area contributed by atoms with Gasteiger partial charge >= 0.3 is 0 Å². The summed E-state index contributed by atoms with van der Waals surface area (Å²) in [5.74, 6) is 0.105. The zero-order valence-corrected chi connectivity index (χ0v) is 12.6. The Hall–Kier alpha value is -1.97. The molecular formula is C18H22NO2+. The smallest absolute Gasteiger partial charge is 0.216 e. The van der Waals surface area contributed by atoms with Crippen LogP contribution in [0.2, 0.25) is 0 Å². The van der Waals surface area contributed by atoms with Crippen molar-refractivity contribution in [1.82, 2.24) is 0 Å². The van der Waals surface area contributed by atoms with Crippen molar-refractivity contribution in [3.8, 4) is 11.1 Å². The molecule has 0 radical (unpaired) electrons. The standard InChI is InChI=1S/C18H22NO2/c1-19(2,12-13-20)14-18(21)17-10-8-16(9-11-17)15-6-4-3-5-7-15/h3-11,20H,12-14H2,1-2H3/q+1. The summed E-state index contributed by atoms with van der Waals surface area (Å²) in [5, 5.41) is 9.02. The second-order valence-corrected chi connectivity index (χ2v) is 5.91. The molecule has 0 amide bonds. The Bertz CT molecular complexity index is 588. The number of benzene rings is 2. The van der Waals surface area contributed by atoms with E-state index < -0.39 is 0 Å². The lowest BCUT2D eigenvalue weighted by molar-refractivity contribution is -0.882. The molecule has 0 heterocycles. The first-order valence-corrected chi connectivity index (χ1v) is 7.13. The highest BCUT2D eigenvalue weighted by Crippen LogP contribution is 2.19. The first-order chi connectivity index (χ1) is 10.0. The fourth-order valence-corrected chi connectivity index (χ4v) is 2.31. The molecule has 3 nitrogen and oxygen atoms in total. The number of nitrogens with zero attached hydrogens (tertiary/aromatic N) is 1. The highest BCUT2D eigenvalue weighted by molar-refractivity contribution is 5.97. The van der Waals surface area contributed by atoms with Gasteiger partial charge in [-0.05, 0) is 11.1 Å². The van der Waals surface area contributed by atoms with Crippen molar-refractivity contribution in [3.05, 3.63) is 60.2 Å². The van der Waals surface area contributed by atoms with E-state index in [-0.39, 0.29) is 12.4 Å². The van der Waals surface area contributed by atoms with E-state index in [4.69, 9.17) is 5.11 Å². The summed E-state index contributed by atoms with van der Waals surface area (Å²) >= 11 is 0. The number of aliphatic hydroxyl groups is 1. The second-order valence-electron chi connectivity index (χ2n) is 5.91. The monoisotopic (exact) mass is 284 g/mol. The van der Waals surface area contributed by atoms with E-state index >= 15 is 0 Å². The summed E-state index contributed by atoms with van der Waals surface area (Å²) in [6, 6.07) is 17.8. The number of ketones is 1. The summed E-state index contributed by atoms with van der Waals surface area (Å²) in [6.45, 7) is 1.06. The molecular weight excluding hydrogens is 262 g/mol. The van der Waals surface area contributed by atoms with Crippen LogP contribution in [0.15, 0.2) is 54.6 Å². The number of quaternary nitrogens is 1. The molecule has 0 unspecified atom stereocenters. The third-order valence-electron chi connectivity index (χ3n) is 3.59. The first kappa shape index (κ1) is 15.4. The number of Topliss-reactive ketones (excluding diaryl/α,β-unsaturated/α-hetero) is 1. The van der Waals surface area contributed by atoms with Gasteiger partial charge in [-0.2, -0.15) is 0 Å². The van der Waals surface area contributed by atoms with Crippen molar-refractivity contribution in [3.63, 3.8) is 0 Å². The second kappa shape index (κ2) is 6.66. The molecule has 1 N–H and O–H groups in total. The van der Waals surface area contributed by atoms with Crippen LogP contribution in [0.1, 0.15) is 10.4 Å². The van der Waals surface area contributed by atoms with Crippen molar-refractivity contribution in [2.45, 2.75) is 0 Å². The summed E-state index contributed by atoms with van der Waals surface area (Å²) in [7, 11) is 3.90. The third-order valence-corrected chi connectivity index (χ3v) is 3.59. The summed E-state index contributed by atoms with van der Waals surface area (Å²) in [4.78, 5) is 12.3. The molecule has 0 atom stereocenters. The Labute approximate surface area is 126 Å². The summed E-state index contributed by atoms with van der Waals surface area (Å²) in [5.41, 5.74) is 2.97. The number of hydrogen-bond acceptors (Lipinski definition) is 2. The topological polar surface area (TPSA) is 37.3 Å². The van der Waals surface area contributed by atoms with Gasteiger partial charge in [-0.3, -0.25) is 4.79 Å². The lowest BCUT2D eigenvalue weighted by Gasteiger charge is -2.28. The Morgan fingerprint density at radius 1 is 0.952 bits per heavy atom. The van der Waals surface area contributed by atoms with Crippen molar-refractivity contribution >= 4 is 5.78 Å². The largest absolute Gasteiger partial charge is 0.391 e. The molecule has 0 bridgehead atoms. The van der Waals surface area contributed by atoms with Gasteiger partial charge in [0.1, 0.15) is 13.1 Å². The van der Waals surface area contributed by atoms with E-state index in [9.17, 15) is 4.79 Å². The highest BCUT2D eigenvalue weighted by Gasteiger charge is 2.20. The van der Waals surface area contributed by atoms with Crippen LogP contribution in [0, 0.1) is 0 Å². The maximum Gasteiger partial charge on any atom is 0.216 e. The van der Waals surface area contributed by atoms with Gasteiger partial charge in [-0.25, -0.2) is 0 Å². The number of carbonyl (C=O) groups is 1. The lowest BCUT2D eigenvalue weighted by Crippen LogP contribution is -2.45. The number of aliphatic hydroxyl groups excluding tert-OH is 1. The minimum atomic E-state index is 0.0905. The van der Waals surface area contributed by atoms with Gasteiger partial charge < -0.3 is 9.59 Å². The molecule has 0 aromatic heterocycles. The Kier molecular flexibility index (Phi) is 4.89. The molecule has 0 aliphatic carbocycles. The minimum absolute atomic E-state index is 0.0905. The molecule has 0 aliphatic heterocycles. The molecule has 0 fully saturated rings. The predicted molar refractivity (Wildman–Crippen MR) is 85.1 cm³/mol. The van der Waals surface area contributed by atoms with Crippen LogP contribution in [0.25, 0.3) is 11.1 Å². The van der Waals surface area contributed by atoms with E-state index in [2.05, 4.69) is 12.1 Å². The highest BCUT2D eigenvalue weighted by atomic mass is 16.3. The van der Waals surface area contributed by atoms with Gasteiger partial charge in [0.25, 0.3) is 0 Å². The van der Waals surface area contributed by atoms with Crippen molar-refractivity contribution < 1.29 is 14.4 Å². The quantitative estimate of drug-likeness (QED) is 0.654.